The summed E-state index contributed by atoms with van der Waals surface area (Å²) in [5.41, 5.74) is 2.90. The topological polar surface area (TPSA) is 57.8 Å². The highest BCUT2D eigenvalue weighted by atomic mass is 35.5. The van der Waals surface area contributed by atoms with Crippen LogP contribution in [-0.4, -0.2) is 15.9 Å². The minimum atomic E-state index is -0.182. The number of rotatable bonds is 2. The van der Waals surface area contributed by atoms with Gasteiger partial charge in [-0.05, 0) is 36.4 Å². The summed E-state index contributed by atoms with van der Waals surface area (Å²) in [5, 5.41) is 3.38. The number of halogens is 1. The molecule has 2 N–H and O–H groups in total. The third-order valence-corrected chi connectivity index (χ3v) is 3.00. The lowest BCUT2D eigenvalue weighted by Crippen LogP contribution is -2.11. The van der Waals surface area contributed by atoms with Gasteiger partial charge in [0.1, 0.15) is 0 Å². The molecule has 0 aliphatic rings. The molecule has 1 heterocycles. The molecule has 0 fully saturated rings. The van der Waals surface area contributed by atoms with E-state index >= 15 is 0 Å². The summed E-state index contributed by atoms with van der Waals surface area (Å²) in [6, 6.07) is 12.3. The Kier molecular flexibility index (Phi) is 2.93. The molecule has 0 aliphatic heterocycles. The second-order valence-electron chi connectivity index (χ2n) is 4.10. The van der Waals surface area contributed by atoms with Gasteiger partial charge in [-0.15, -0.1) is 0 Å². The number of fused-ring (bicyclic) bond motifs is 1. The van der Waals surface area contributed by atoms with Gasteiger partial charge in [0.25, 0.3) is 5.91 Å². The molecule has 19 heavy (non-hydrogen) atoms. The van der Waals surface area contributed by atoms with E-state index < -0.39 is 0 Å². The molecule has 0 saturated heterocycles. The summed E-state index contributed by atoms with van der Waals surface area (Å²) in [6.45, 7) is 0. The van der Waals surface area contributed by atoms with Crippen LogP contribution < -0.4 is 5.32 Å². The molecule has 3 aromatic rings. The first-order valence-corrected chi connectivity index (χ1v) is 6.10. The molecule has 4 nitrogen and oxygen atoms in total. The average molecular weight is 272 g/mol. The lowest BCUT2D eigenvalue weighted by molar-refractivity contribution is 0.102. The zero-order valence-corrected chi connectivity index (χ0v) is 10.6. The van der Waals surface area contributed by atoms with E-state index in [0.29, 0.717) is 16.3 Å². The Hall–Kier alpha value is -2.33. The maximum Gasteiger partial charge on any atom is 0.255 e. The molecular formula is C14H10ClN3O. The van der Waals surface area contributed by atoms with Gasteiger partial charge in [0, 0.05) is 16.3 Å². The van der Waals surface area contributed by atoms with Crippen LogP contribution in [0.3, 0.4) is 0 Å². The fraction of sp³-hybridized carbons (Fsp3) is 0. The lowest BCUT2D eigenvalue weighted by Gasteiger charge is -2.05. The number of H-pyrrole nitrogens is 1. The second kappa shape index (κ2) is 4.74. The summed E-state index contributed by atoms with van der Waals surface area (Å²) in [6.07, 6.45) is 1.60. The molecule has 0 atom stereocenters. The molecule has 2 aromatic carbocycles. The van der Waals surface area contributed by atoms with Crippen LogP contribution in [-0.2, 0) is 0 Å². The Morgan fingerprint density at radius 3 is 2.95 bits per heavy atom. The minimum Gasteiger partial charge on any atom is -0.345 e. The molecule has 1 amide bonds. The largest absolute Gasteiger partial charge is 0.345 e. The van der Waals surface area contributed by atoms with Crippen LogP contribution in [0.2, 0.25) is 5.02 Å². The number of imidazole rings is 1. The predicted molar refractivity (Wildman–Crippen MR) is 75.5 cm³/mol. The van der Waals surface area contributed by atoms with Gasteiger partial charge in [-0.3, -0.25) is 4.79 Å². The quantitative estimate of drug-likeness (QED) is 0.750. The third kappa shape index (κ3) is 2.44. The van der Waals surface area contributed by atoms with Crippen LogP contribution in [0, 0.1) is 0 Å². The maximum absolute atomic E-state index is 12.1. The van der Waals surface area contributed by atoms with Gasteiger partial charge in [-0.1, -0.05) is 17.7 Å². The van der Waals surface area contributed by atoms with Gasteiger partial charge in [0.15, 0.2) is 0 Å². The van der Waals surface area contributed by atoms with E-state index in [0.717, 1.165) is 11.0 Å². The first-order chi connectivity index (χ1) is 9.22. The highest BCUT2D eigenvalue weighted by Crippen LogP contribution is 2.17. The number of anilines is 1. The summed E-state index contributed by atoms with van der Waals surface area (Å²) in [5.74, 6) is -0.182. The van der Waals surface area contributed by atoms with Crippen molar-refractivity contribution in [2.45, 2.75) is 0 Å². The zero-order valence-electron chi connectivity index (χ0n) is 9.85. The molecule has 1 aromatic heterocycles. The van der Waals surface area contributed by atoms with E-state index in [2.05, 4.69) is 15.3 Å². The molecule has 0 aliphatic carbocycles. The molecular weight excluding hydrogens is 262 g/mol. The normalized spacial score (nSPS) is 10.6. The summed E-state index contributed by atoms with van der Waals surface area (Å²) in [4.78, 5) is 19.2. The SMILES string of the molecule is O=C(Nc1cccc(Cl)c1)c1ccc2nc[nH]c2c1. The Balaban J connectivity index is 1.87. The number of aromatic amines is 1. The highest BCUT2D eigenvalue weighted by Gasteiger charge is 2.07. The first-order valence-electron chi connectivity index (χ1n) is 5.72. The number of aromatic nitrogens is 2. The van der Waals surface area contributed by atoms with Crippen LogP contribution in [0.1, 0.15) is 10.4 Å². The van der Waals surface area contributed by atoms with Gasteiger partial charge < -0.3 is 10.3 Å². The van der Waals surface area contributed by atoms with Crippen molar-refractivity contribution in [3.05, 3.63) is 59.4 Å². The van der Waals surface area contributed by atoms with Crippen molar-refractivity contribution in [3.63, 3.8) is 0 Å². The number of nitrogens with zero attached hydrogens (tertiary/aromatic N) is 1. The number of nitrogens with one attached hydrogen (secondary N) is 2. The van der Waals surface area contributed by atoms with Crippen LogP contribution in [0.15, 0.2) is 48.8 Å². The first kappa shape index (κ1) is 11.7. The zero-order chi connectivity index (χ0) is 13.2. The molecule has 0 saturated carbocycles. The standard InChI is InChI=1S/C14H10ClN3O/c15-10-2-1-3-11(7-10)18-14(19)9-4-5-12-13(6-9)17-8-16-12/h1-8H,(H,16,17)(H,18,19). The van der Waals surface area contributed by atoms with Gasteiger partial charge in [-0.2, -0.15) is 0 Å². The number of benzene rings is 2. The Morgan fingerprint density at radius 2 is 2.11 bits per heavy atom. The van der Waals surface area contributed by atoms with Crippen LogP contribution in [0.5, 0.6) is 0 Å². The van der Waals surface area contributed by atoms with E-state index in [1.807, 2.05) is 0 Å². The molecule has 0 unspecified atom stereocenters. The average Bonchev–Trinajstić information content (AvgIpc) is 2.85. The van der Waals surface area contributed by atoms with E-state index in [1.165, 1.54) is 0 Å². The highest BCUT2D eigenvalue weighted by molar-refractivity contribution is 6.31. The van der Waals surface area contributed by atoms with Crippen molar-refractivity contribution in [1.82, 2.24) is 9.97 Å². The number of carbonyl (C=O) groups excluding carboxylic acids is 1. The Bertz CT molecular complexity index is 751. The summed E-state index contributed by atoms with van der Waals surface area (Å²) < 4.78 is 0. The third-order valence-electron chi connectivity index (χ3n) is 2.76. The maximum atomic E-state index is 12.1. The molecule has 3 rings (SSSR count). The fourth-order valence-electron chi connectivity index (χ4n) is 1.85. The van der Waals surface area contributed by atoms with E-state index in [1.54, 1.807) is 48.8 Å². The molecule has 0 spiro atoms. The number of hydrogen-bond donors (Lipinski definition) is 2. The smallest absolute Gasteiger partial charge is 0.255 e. The second-order valence-corrected chi connectivity index (χ2v) is 4.54. The monoisotopic (exact) mass is 271 g/mol. The van der Waals surface area contributed by atoms with Gasteiger partial charge in [0.2, 0.25) is 0 Å². The van der Waals surface area contributed by atoms with Gasteiger partial charge >= 0.3 is 0 Å². The van der Waals surface area contributed by atoms with Crippen LogP contribution in [0.4, 0.5) is 5.69 Å². The Labute approximate surface area is 114 Å². The molecule has 94 valence electrons. The molecule has 0 radical (unpaired) electrons. The lowest BCUT2D eigenvalue weighted by atomic mass is 10.2. The van der Waals surface area contributed by atoms with Crippen molar-refractivity contribution in [2.24, 2.45) is 0 Å². The number of amides is 1. The number of carbonyl (C=O) groups is 1. The van der Waals surface area contributed by atoms with Crippen molar-refractivity contribution in [1.29, 1.82) is 0 Å². The number of hydrogen-bond acceptors (Lipinski definition) is 2. The summed E-state index contributed by atoms with van der Waals surface area (Å²) in [7, 11) is 0. The minimum absolute atomic E-state index is 0.182. The Morgan fingerprint density at radius 1 is 1.21 bits per heavy atom. The van der Waals surface area contributed by atoms with Crippen molar-refractivity contribution in [2.75, 3.05) is 5.32 Å². The van der Waals surface area contributed by atoms with Crippen LogP contribution >= 0.6 is 11.6 Å². The van der Waals surface area contributed by atoms with Crippen molar-refractivity contribution >= 4 is 34.2 Å². The van der Waals surface area contributed by atoms with Crippen molar-refractivity contribution in [3.8, 4) is 0 Å². The van der Waals surface area contributed by atoms with E-state index in [9.17, 15) is 4.79 Å². The molecule has 5 heteroatoms. The van der Waals surface area contributed by atoms with E-state index in [-0.39, 0.29) is 5.91 Å². The predicted octanol–water partition coefficient (Wildman–Crippen LogP) is 3.47. The van der Waals surface area contributed by atoms with Gasteiger partial charge in [0.05, 0.1) is 17.4 Å². The van der Waals surface area contributed by atoms with Crippen molar-refractivity contribution < 1.29 is 4.79 Å². The van der Waals surface area contributed by atoms with Crippen LogP contribution in [0.25, 0.3) is 11.0 Å². The fourth-order valence-corrected chi connectivity index (χ4v) is 2.04. The molecule has 0 bridgehead atoms. The summed E-state index contributed by atoms with van der Waals surface area (Å²) >= 11 is 5.87. The van der Waals surface area contributed by atoms with Gasteiger partial charge in [-0.25, -0.2) is 4.98 Å². The van der Waals surface area contributed by atoms with E-state index in [4.69, 9.17) is 11.6 Å².